The zero-order chi connectivity index (χ0) is 19.3. The van der Waals surface area contributed by atoms with Crippen LogP contribution in [-0.4, -0.2) is 48.1 Å². The summed E-state index contributed by atoms with van der Waals surface area (Å²) >= 11 is 0. The molecule has 0 N–H and O–H groups in total. The van der Waals surface area contributed by atoms with E-state index in [9.17, 15) is 0 Å². The van der Waals surface area contributed by atoms with Crippen molar-refractivity contribution >= 4 is 16.7 Å². The Morgan fingerprint density at radius 3 is 2.61 bits per heavy atom. The maximum Gasteiger partial charge on any atom is 0.129 e. The van der Waals surface area contributed by atoms with Gasteiger partial charge in [0.25, 0.3) is 0 Å². The first kappa shape index (κ1) is 18.9. The lowest BCUT2D eigenvalue weighted by Gasteiger charge is -2.33. The third-order valence-electron chi connectivity index (χ3n) is 6.02. The fourth-order valence-electron chi connectivity index (χ4n) is 4.17. The van der Waals surface area contributed by atoms with Crippen LogP contribution >= 0.6 is 0 Å². The standard InChI is InChI=1S/C24H30N4/c1-19-22-8-9-24(26-23(22)10-13-25-19)27(2)16-17-28-14-11-21(12-15-28)18-20-6-4-3-5-7-20/h3-10,13,21H,11-12,14-18H2,1-2H3. The number of aromatic nitrogens is 2. The molecule has 0 amide bonds. The first-order valence-corrected chi connectivity index (χ1v) is 10.4. The molecular weight excluding hydrogens is 344 g/mol. The van der Waals surface area contributed by atoms with Crippen LogP contribution < -0.4 is 4.90 Å². The molecule has 0 aliphatic carbocycles. The topological polar surface area (TPSA) is 32.3 Å². The third kappa shape index (κ3) is 4.50. The lowest BCUT2D eigenvalue weighted by atomic mass is 9.90. The lowest BCUT2D eigenvalue weighted by molar-refractivity contribution is 0.188. The van der Waals surface area contributed by atoms with E-state index in [1.807, 2.05) is 19.2 Å². The molecule has 4 heteroatoms. The molecule has 0 spiro atoms. The molecule has 4 nitrogen and oxygen atoms in total. The van der Waals surface area contributed by atoms with Crippen molar-refractivity contribution in [2.75, 3.05) is 38.1 Å². The van der Waals surface area contributed by atoms with Crippen LogP contribution in [0.15, 0.2) is 54.7 Å². The van der Waals surface area contributed by atoms with E-state index in [0.717, 1.165) is 41.4 Å². The van der Waals surface area contributed by atoms with Crippen molar-refractivity contribution in [3.8, 4) is 0 Å². The number of nitrogens with zero attached hydrogens (tertiary/aromatic N) is 4. The minimum atomic E-state index is 0.829. The van der Waals surface area contributed by atoms with E-state index in [1.54, 1.807) is 0 Å². The average Bonchev–Trinajstić information content (AvgIpc) is 2.74. The van der Waals surface area contributed by atoms with Crippen molar-refractivity contribution in [3.05, 3.63) is 66.0 Å². The van der Waals surface area contributed by atoms with E-state index in [-0.39, 0.29) is 0 Å². The van der Waals surface area contributed by atoms with E-state index < -0.39 is 0 Å². The van der Waals surface area contributed by atoms with Gasteiger partial charge >= 0.3 is 0 Å². The molecule has 2 aromatic heterocycles. The number of aryl methyl sites for hydroxylation is 1. The number of rotatable bonds is 6. The molecule has 28 heavy (non-hydrogen) atoms. The van der Waals surface area contributed by atoms with Gasteiger partial charge in [-0.25, -0.2) is 4.98 Å². The van der Waals surface area contributed by atoms with Crippen LogP contribution in [0.25, 0.3) is 10.9 Å². The van der Waals surface area contributed by atoms with Gasteiger partial charge in [0, 0.05) is 37.4 Å². The smallest absolute Gasteiger partial charge is 0.129 e. The summed E-state index contributed by atoms with van der Waals surface area (Å²) in [7, 11) is 2.14. The highest BCUT2D eigenvalue weighted by Gasteiger charge is 2.19. The van der Waals surface area contributed by atoms with Gasteiger partial charge in [-0.2, -0.15) is 0 Å². The predicted molar refractivity (Wildman–Crippen MR) is 117 cm³/mol. The quantitative estimate of drug-likeness (QED) is 0.643. The number of fused-ring (bicyclic) bond motifs is 1. The van der Waals surface area contributed by atoms with Crippen molar-refractivity contribution in [2.24, 2.45) is 5.92 Å². The number of pyridine rings is 2. The summed E-state index contributed by atoms with van der Waals surface area (Å²) in [5.41, 5.74) is 3.55. The zero-order valence-electron chi connectivity index (χ0n) is 17.0. The second kappa shape index (κ2) is 8.70. The van der Waals surface area contributed by atoms with Crippen LogP contribution in [0.1, 0.15) is 24.1 Å². The summed E-state index contributed by atoms with van der Waals surface area (Å²) in [6.07, 6.45) is 5.68. The van der Waals surface area contributed by atoms with Gasteiger partial charge in [0.05, 0.1) is 5.52 Å². The van der Waals surface area contributed by atoms with Crippen LogP contribution in [-0.2, 0) is 6.42 Å². The Kier molecular flexibility index (Phi) is 5.87. The summed E-state index contributed by atoms with van der Waals surface area (Å²) in [5.74, 6) is 1.87. The van der Waals surface area contributed by atoms with Crippen molar-refractivity contribution in [2.45, 2.75) is 26.2 Å². The first-order valence-electron chi connectivity index (χ1n) is 10.4. The van der Waals surface area contributed by atoms with Crippen molar-refractivity contribution in [3.63, 3.8) is 0 Å². The Morgan fingerprint density at radius 2 is 1.82 bits per heavy atom. The Balaban J connectivity index is 1.27. The molecule has 1 aliphatic rings. The largest absolute Gasteiger partial charge is 0.358 e. The van der Waals surface area contributed by atoms with Gasteiger partial charge in [-0.15, -0.1) is 0 Å². The van der Waals surface area contributed by atoms with E-state index in [2.05, 4.69) is 64.3 Å². The number of likely N-dealkylation sites (N-methyl/N-ethyl adjacent to an activating group) is 1. The Bertz CT molecular complexity index is 901. The summed E-state index contributed by atoms with van der Waals surface area (Å²) in [6.45, 7) is 6.56. The SMILES string of the molecule is Cc1nccc2nc(N(C)CCN3CCC(Cc4ccccc4)CC3)ccc12. The molecule has 1 aromatic carbocycles. The number of hydrogen-bond acceptors (Lipinski definition) is 4. The zero-order valence-corrected chi connectivity index (χ0v) is 17.0. The van der Waals surface area contributed by atoms with Crippen LogP contribution in [0.3, 0.4) is 0 Å². The van der Waals surface area contributed by atoms with Gasteiger partial charge in [0.15, 0.2) is 0 Å². The van der Waals surface area contributed by atoms with Crippen molar-refractivity contribution < 1.29 is 0 Å². The average molecular weight is 375 g/mol. The van der Waals surface area contributed by atoms with Crippen LogP contribution in [0, 0.1) is 12.8 Å². The van der Waals surface area contributed by atoms with Crippen LogP contribution in [0.4, 0.5) is 5.82 Å². The highest BCUT2D eigenvalue weighted by atomic mass is 15.2. The maximum atomic E-state index is 4.83. The number of likely N-dealkylation sites (tertiary alicyclic amines) is 1. The molecule has 1 aliphatic heterocycles. The summed E-state index contributed by atoms with van der Waals surface area (Å²) in [6, 6.07) is 17.2. The lowest BCUT2D eigenvalue weighted by Crippen LogP contribution is -2.39. The molecule has 0 unspecified atom stereocenters. The fraction of sp³-hybridized carbons (Fsp3) is 0.417. The molecule has 4 rings (SSSR count). The van der Waals surface area contributed by atoms with Gasteiger partial charge in [0.1, 0.15) is 5.82 Å². The molecule has 1 saturated heterocycles. The van der Waals surface area contributed by atoms with E-state index in [1.165, 1.54) is 37.9 Å². The summed E-state index contributed by atoms with van der Waals surface area (Å²) < 4.78 is 0. The Morgan fingerprint density at radius 1 is 1.04 bits per heavy atom. The number of piperidine rings is 1. The Hall–Kier alpha value is -2.46. The van der Waals surface area contributed by atoms with Gasteiger partial charge in [0.2, 0.25) is 0 Å². The molecule has 0 saturated carbocycles. The minimum absolute atomic E-state index is 0.829. The minimum Gasteiger partial charge on any atom is -0.358 e. The molecule has 146 valence electrons. The highest BCUT2D eigenvalue weighted by Crippen LogP contribution is 2.22. The molecule has 0 atom stereocenters. The molecule has 0 radical (unpaired) electrons. The molecule has 1 fully saturated rings. The second-order valence-corrected chi connectivity index (χ2v) is 8.03. The summed E-state index contributed by atoms with van der Waals surface area (Å²) in [4.78, 5) is 14.1. The van der Waals surface area contributed by atoms with Gasteiger partial charge in [-0.3, -0.25) is 4.98 Å². The van der Waals surface area contributed by atoms with Crippen molar-refractivity contribution in [1.29, 1.82) is 0 Å². The Labute approximate surface area is 168 Å². The highest BCUT2D eigenvalue weighted by molar-refractivity contribution is 5.82. The monoisotopic (exact) mass is 374 g/mol. The van der Waals surface area contributed by atoms with Crippen LogP contribution in [0.5, 0.6) is 0 Å². The van der Waals surface area contributed by atoms with Crippen LogP contribution in [0.2, 0.25) is 0 Å². The third-order valence-corrected chi connectivity index (χ3v) is 6.02. The molecular formula is C24H30N4. The predicted octanol–water partition coefficient (Wildman–Crippen LogP) is 4.33. The van der Waals surface area contributed by atoms with Crippen molar-refractivity contribution in [1.82, 2.24) is 14.9 Å². The van der Waals surface area contributed by atoms with Gasteiger partial charge < -0.3 is 9.80 Å². The number of anilines is 1. The van der Waals surface area contributed by atoms with Gasteiger partial charge in [-0.1, -0.05) is 30.3 Å². The first-order chi connectivity index (χ1) is 13.7. The molecule has 3 heterocycles. The van der Waals surface area contributed by atoms with E-state index >= 15 is 0 Å². The second-order valence-electron chi connectivity index (χ2n) is 8.03. The maximum absolute atomic E-state index is 4.83. The van der Waals surface area contributed by atoms with E-state index in [4.69, 9.17) is 4.98 Å². The number of benzene rings is 1. The normalized spacial score (nSPS) is 15.8. The molecule has 3 aromatic rings. The summed E-state index contributed by atoms with van der Waals surface area (Å²) in [5, 5.41) is 1.14. The van der Waals surface area contributed by atoms with E-state index in [0.29, 0.717) is 0 Å². The number of hydrogen-bond donors (Lipinski definition) is 0. The molecule has 0 bridgehead atoms. The fourth-order valence-corrected chi connectivity index (χ4v) is 4.17. The van der Waals surface area contributed by atoms with Gasteiger partial charge in [-0.05, 0) is 69.0 Å².